The van der Waals surface area contributed by atoms with E-state index in [0.29, 0.717) is 23.7 Å². The molecule has 0 aliphatic heterocycles. The number of hydrogen-bond acceptors (Lipinski definition) is 8. The van der Waals surface area contributed by atoms with E-state index in [-0.39, 0.29) is 27.1 Å². The second-order valence-corrected chi connectivity index (χ2v) is 7.94. The summed E-state index contributed by atoms with van der Waals surface area (Å²) in [6, 6.07) is 4.82. The molecule has 0 fully saturated rings. The molecule has 1 amide bonds. The van der Waals surface area contributed by atoms with E-state index < -0.39 is 11.5 Å². The predicted molar refractivity (Wildman–Crippen MR) is 129 cm³/mol. The van der Waals surface area contributed by atoms with Crippen LogP contribution in [0.1, 0.15) is 22.8 Å². The van der Waals surface area contributed by atoms with Gasteiger partial charge in [-0.1, -0.05) is 30.1 Å². The highest BCUT2D eigenvalue weighted by molar-refractivity contribution is 6.38. The molecular weight excluding hydrogens is 481 g/mol. The number of aromatic nitrogens is 4. The third-order valence-electron chi connectivity index (χ3n) is 4.80. The molecule has 0 radical (unpaired) electrons. The van der Waals surface area contributed by atoms with Crippen molar-refractivity contribution in [2.24, 2.45) is 0 Å². The fourth-order valence-electron chi connectivity index (χ4n) is 3.24. The SMILES string of the molecule is CCNCc1cncc(NC(=O)c2c(N)ncn(-c3c(Cl)cc(-c4ncco4)cc3Cl)c2=O)c1. The van der Waals surface area contributed by atoms with Gasteiger partial charge in [0.1, 0.15) is 24.0 Å². The Morgan fingerprint density at radius 1 is 1.18 bits per heavy atom. The maximum absolute atomic E-state index is 13.3. The highest BCUT2D eigenvalue weighted by Gasteiger charge is 2.22. The van der Waals surface area contributed by atoms with Crippen LogP contribution in [0.25, 0.3) is 17.1 Å². The maximum atomic E-state index is 13.3. The lowest BCUT2D eigenvalue weighted by atomic mass is 10.2. The van der Waals surface area contributed by atoms with E-state index >= 15 is 0 Å². The highest BCUT2D eigenvalue weighted by Crippen LogP contribution is 2.33. The number of nitrogens with one attached hydrogen (secondary N) is 2. The summed E-state index contributed by atoms with van der Waals surface area (Å²) in [6.45, 7) is 3.34. The molecule has 0 aliphatic rings. The van der Waals surface area contributed by atoms with Crippen molar-refractivity contribution >= 4 is 40.6 Å². The first kappa shape index (κ1) is 23.4. The fourth-order valence-corrected chi connectivity index (χ4v) is 3.91. The van der Waals surface area contributed by atoms with E-state index in [4.69, 9.17) is 33.4 Å². The Hall–Kier alpha value is -3.73. The number of halogens is 2. The molecule has 0 aliphatic carbocycles. The molecule has 0 bridgehead atoms. The Balaban J connectivity index is 1.69. The van der Waals surface area contributed by atoms with E-state index in [1.165, 1.54) is 18.7 Å². The maximum Gasteiger partial charge on any atom is 0.273 e. The van der Waals surface area contributed by atoms with Gasteiger partial charge in [0.15, 0.2) is 0 Å². The van der Waals surface area contributed by atoms with E-state index in [2.05, 4.69) is 25.6 Å². The largest absolute Gasteiger partial charge is 0.445 e. The molecule has 4 aromatic rings. The van der Waals surface area contributed by atoms with Gasteiger partial charge in [-0.3, -0.25) is 19.1 Å². The van der Waals surface area contributed by atoms with Crippen molar-refractivity contribution in [2.75, 3.05) is 17.6 Å². The quantitative estimate of drug-likeness (QED) is 0.350. The van der Waals surface area contributed by atoms with Crippen molar-refractivity contribution in [1.82, 2.24) is 24.8 Å². The molecule has 0 saturated heterocycles. The molecule has 0 spiro atoms. The van der Waals surface area contributed by atoms with Crippen LogP contribution < -0.4 is 21.9 Å². The number of pyridine rings is 1. The van der Waals surface area contributed by atoms with Crippen LogP contribution in [-0.4, -0.2) is 32.0 Å². The first-order valence-corrected chi connectivity index (χ1v) is 10.9. The van der Waals surface area contributed by atoms with Gasteiger partial charge in [0.25, 0.3) is 11.5 Å². The number of hydrogen-bond donors (Lipinski definition) is 3. The van der Waals surface area contributed by atoms with Gasteiger partial charge in [0.05, 0.1) is 33.8 Å². The molecule has 34 heavy (non-hydrogen) atoms. The van der Waals surface area contributed by atoms with Crippen LogP contribution in [0, 0.1) is 0 Å². The van der Waals surface area contributed by atoms with Crippen LogP contribution in [-0.2, 0) is 6.54 Å². The van der Waals surface area contributed by atoms with Gasteiger partial charge in [-0.25, -0.2) is 9.97 Å². The second kappa shape index (κ2) is 10.0. The summed E-state index contributed by atoms with van der Waals surface area (Å²) in [6.07, 6.45) is 7.19. The summed E-state index contributed by atoms with van der Waals surface area (Å²) >= 11 is 12.9. The highest BCUT2D eigenvalue weighted by atomic mass is 35.5. The zero-order valence-corrected chi connectivity index (χ0v) is 19.4. The molecule has 1 aromatic carbocycles. The molecule has 174 valence electrons. The van der Waals surface area contributed by atoms with Crippen molar-refractivity contribution < 1.29 is 9.21 Å². The summed E-state index contributed by atoms with van der Waals surface area (Å²) in [5.41, 5.74) is 6.71. The number of nitrogen functional groups attached to an aromatic ring is 1. The van der Waals surface area contributed by atoms with Gasteiger partial charge in [0, 0.05) is 18.3 Å². The molecule has 4 rings (SSSR count). The minimum absolute atomic E-state index is 0.126. The van der Waals surface area contributed by atoms with Crippen molar-refractivity contribution in [3.05, 3.63) is 80.9 Å². The number of rotatable bonds is 7. The number of oxazole rings is 1. The van der Waals surface area contributed by atoms with Crippen molar-refractivity contribution in [3.8, 4) is 17.1 Å². The number of nitrogens with zero attached hydrogens (tertiary/aromatic N) is 4. The van der Waals surface area contributed by atoms with Gasteiger partial charge in [-0.2, -0.15) is 0 Å². The Kier molecular flexibility index (Phi) is 6.92. The normalized spacial score (nSPS) is 10.9. The summed E-state index contributed by atoms with van der Waals surface area (Å²) in [7, 11) is 0. The molecule has 3 heterocycles. The smallest absolute Gasteiger partial charge is 0.273 e. The third kappa shape index (κ3) is 4.79. The van der Waals surface area contributed by atoms with Crippen LogP contribution in [0.2, 0.25) is 10.0 Å². The Morgan fingerprint density at radius 3 is 2.62 bits per heavy atom. The van der Waals surface area contributed by atoms with E-state index in [1.807, 2.05) is 6.92 Å². The number of amides is 1. The summed E-state index contributed by atoms with van der Waals surface area (Å²) in [4.78, 5) is 38.4. The molecule has 12 heteroatoms. The Bertz CT molecular complexity index is 1380. The molecule has 0 atom stereocenters. The summed E-state index contributed by atoms with van der Waals surface area (Å²) in [5, 5.41) is 6.07. The lowest BCUT2D eigenvalue weighted by molar-refractivity contribution is 0.102. The van der Waals surface area contributed by atoms with Gasteiger partial charge in [-0.05, 0) is 30.3 Å². The van der Waals surface area contributed by atoms with Gasteiger partial charge < -0.3 is 20.8 Å². The minimum Gasteiger partial charge on any atom is -0.445 e. The van der Waals surface area contributed by atoms with Crippen LogP contribution in [0.15, 0.2) is 58.6 Å². The van der Waals surface area contributed by atoms with E-state index in [0.717, 1.165) is 23.0 Å². The molecule has 4 N–H and O–H groups in total. The molecule has 3 aromatic heterocycles. The lowest BCUT2D eigenvalue weighted by Crippen LogP contribution is -2.31. The van der Waals surface area contributed by atoms with Gasteiger partial charge in [-0.15, -0.1) is 0 Å². The molecule has 0 saturated carbocycles. The minimum atomic E-state index is -0.741. The molecule has 0 unspecified atom stereocenters. The number of carbonyl (C=O) groups is 1. The molecular formula is C22H19Cl2N7O3. The average molecular weight is 500 g/mol. The van der Waals surface area contributed by atoms with Crippen LogP contribution in [0.5, 0.6) is 0 Å². The lowest BCUT2D eigenvalue weighted by Gasteiger charge is -2.14. The number of anilines is 2. The molecule has 10 nitrogen and oxygen atoms in total. The first-order valence-electron chi connectivity index (χ1n) is 10.1. The standard InChI is InChI=1S/C22H19Cl2N7O3/c1-2-26-8-12-5-14(10-27-9-12)30-20(32)17-19(25)29-11-31(22(17)33)18-15(23)6-13(7-16(18)24)21-28-3-4-34-21/h3-7,9-11,26H,2,8,25H2,1H3,(H,30,32). The van der Waals surface area contributed by atoms with E-state index in [1.54, 1.807) is 24.4 Å². The zero-order chi connectivity index (χ0) is 24.2. The topological polar surface area (TPSA) is 141 Å². The van der Waals surface area contributed by atoms with Crippen molar-refractivity contribution in [1.29, 1.82) is 0 Å². The van der Waals surface area contributed by atoms with Crippen molar-refractivity contribution in [3.63, 3.8) is 0 Å². The average Bonchev–Trinajstić information content (AvgIpc) is 3.34. The van der Waals surface area contributed by atoms with Crippen molar-refractivity contribution in [2.45, 2.75) is 13.5 Å². The van der Waals surface area contributed by atoms with E-state index in [9.17, 15) is 9.59 Å². The Labute approximate surface area is 203 Å². The first-order chi connectivity index (χ1) is 16.4. The second-order valence-electron chi connectivity index (χ2n) is 7.12. The predicted octanol–water partition coefficient (Wildman–Crippen LogP) is 3.53. The van der Waals surface area contributed by atoms with Gasteiger partial charge in [0.2, 0.25) is 5.89 Å². The van der Waals surface area contributed by atoms with Gasteiger partial charge >= 0.3 is 0 Å². The summed E-state index contributed by atoms with van der Waals surface area (Å²) in [5.74, 6) is -0.669. The summed E-state index contributed by atoms with van der Waals surface area (Å²) < 4.78 is 6.33. The monoisotopic (exact) mass is 499 g/mol. The number of carbonyl (C=O) groups excluding carboxylic acids is 1. The number of nitrogens with two attached hydrogens (primary N) is 1. The van der Waals surface area contributed by atoms with Crippen LogP contribution in [0.4, 0.5) is 11.5 Å². The van der Waals surface area contributed by atoms with Crippen LogP contribution in [0.3, 0.4) is 0 Å². The fraction of sp³-hybridized carbons (Fsp3) is 0.136. The van der Waals surface area contributed by atoms with Crippen LogP contribution >= 0.6 is 23.2 Å². The zero-order valence-electron chi connectivity index (χ0n) is 17.9. The number of benzene rings is 1. The third-order valence-corrected chi connectivity index (χ3v) is 5.37. The Morgan fingerprint density at radius 2 is 1.94 bits per heavy atom.